The van der Waals surface area contributed by atoms with E-state index in [-0.39, 0.29) is 17.2 Å². The van der Waals surface area contributed by atoms with Gasteiger partial charge in [0.25, 0.3) is 0 Å². The Hall–Kier alpha value is -1.80. The molecule has 0 aliphatic heterocycles. The van der Waals surface area contributed by atoms with Crippen LogP contribution in [0.25, 0.3) is 0 Å². The number of primary sulfonamides is 1. The maximum Gasteiger partial charge on any atom is 0.238 e. The molecule has 0 unspecified atom stereocenters. The molecule has 0 radical (unpaired) electrons. The van der Waals surface area contributed by atoms with Gasteiger partial charge in [-0.2, -0.15) is 0 Å². The summed E-state index contributed by atoms with van der Waals surface area (Å²) in [5.74, 6) is 0.227. The standard InChI is InChI=1S/C16H16Cl2N2O4S/c17-11-6-7-15(14(18)9-11)24-8-2-5-16(21)20-12-3-1-4-13(10-12)25(19,22)23/h1,3-4,6-7,9-10H,2,5,8H2,(H,20,21)(H2,19,22,23). The lowest BCUT2D eigenvalue weighted by Crippen LogP contribution is -2.15. The highest BCUT2D eigenvalue weighted by atomic mass is 35.5. The summed E-state index contributed by atoms with van der Waals surface area (Å²) in [4.78, 5) is 11.8. The molecule has 2 aromatic carbocycles. The number of hydrogen-bond acceptors (Lipinski definition) is 4. The SMILES string of the molecule is NS(=O)(=O)c1cccc(NC(=O)CCCOc2ccc(Cl)cc2Cl)c1. The largest absolute Gasteiger partial charge is 0.492 e. The van der Waals surface area contributed by atoms with Crippen molar-refractivity contribution in [3.05, 3.63) is 52.5 Å². The lowest BCUT2D eigenvalue weighted by molar-refractivity contribution is -0.116. The van der Waals surface area contributed by atoms with Gasteiger partial charge >= 0.3 is 0 Å². The first kappa shape index (κ1) is 19.5. The first-order valence-corrected chi connectivity index (χ1v) is 9.56. The van der Waals surface area contributed by atoms with E-state index in [4.69, 9.17) is 33.1 Å². The van der Waals surface area contributed by atoms with E-state index in [1.807, 2.05) is 0 Å². The lowest BCUT2D eigenvalue weighted by Gasteiger charge is -2.09. The van der Waals surface area contributed by atoms with Crippen LogP contribution in [0.4, 0.5) is 5.69 Å². The molecule has 1 amide bonds. The van der Waals surface area contributed by atoms with Crippen LogP contribution in [-0.4, -0.2) is 20.9 Å². The summed E-state index contributed by atoms with van der Waals surface area (Å²) in [6, 6.07) is 10.6. The number of amides is 1. The zero-order valence-electron chi connectivity index (χ0n) is 13.0. The molecule has 0 saturated heterocycles. The number of hydrogen-bond donors (Lipinski definition) is 2. The van der Waals surface area contributed by atoms with Gasteiger partial charge in [0.05, 0.1) is 16.5 Å². The molecule has 25 heavy (non-hydrogen) atoms. The van der Waals surface area contributed by atoms with E-state index >= 15 is 0 Å². The van der Waals surface area contributed by atoms with Gasteiger partial charge in [-0.25, -0.2) is 13.6 Å². The van der Waals surface area contributed by atoms with Gasteiger partial charge in [-0.05, 0) is 42.8 Å². The van der Waals surface area contributed by atoms with Crippen molar-refractivity contribution in [2.75, 3.05) is 11.9 Å². The summed E-state index contributed by atoms with van der Waals surface area (Å²) in [5, 5.41) is 8.58. The second-order valence-electron chi connectivity index (χ2n) is 5.15. The van der Waals surface area contributed by atoms with Crippen molar-refractivity contribution >= 4 is 44.8 Å². The molecule has 0 spiro atoms. The Morgan fingerprint density at radius 1 is 1.16 bits per heavy atom. The number of nitrogens with one attached hydrogen (secondary N) is 1. The quantitative estimate of drug-likeness (QED) is 0.692. The number of benzene rings is 2. The fourth-order valence-corrected chi connectivity index (χ4v) is 3.00. The Kier molecular flexibility index (Phi) is 6.66. The number of ether oxygens (including phenoxy) is 1. The van der Waals surface area contributed by atoms with E-state index in [9.17, 15) is 13.2 Å². The fraction of sp³-hybridized carbons (Fsp3) is 0.188. The minimum Gasteiger partial charge on any atom is -0.492 e. The second-order valence-corrected chi connectivity index (χ2v) is 7.55. The number of carbonyl (C=O) groups is 1. The third-order valence-electron chi connectivity index (χ3n) is 3.15. The van der Waals surface area contributed by atoms with Gasteiger partial charge in [-0.15, -0.1) is 0 Å². The minimum atomic E-state index is -3.81. The second kappa shape index (κ2) is 8.53. The zero-order valence-corrected chi connectivity index (χ0v) is 15.4. The van der Waals surface area contributed by atoms with Crippen LogP contribution in [0.1, 0.15) is 12.8 Å². The van der Waals surface area contributed by atoms with Crippen LogP contribution >= 0.6 is 23.2 Å². The van der Waals surface area contributed by atoms with Crippen molar-refractivity contribution in [2.24, 2.45) is 5.14 Å². The van der Waals surface area contributed by atoms with Gasteiger partial charge in [0, 0.05) is 17.1 Å². The highest BCUT2D eigenvalue weighted by Gasteiger charge is 2.09. The van der Waals surface area contributed by atoms with Crippen molar-refractivity contribution in [3.8, 4) is 5.75 Å². The van der Waals surface area contributed by atoms with Crippen molar-refractivity contribution in [2.45, 2.75) is 17.7 Å². The summed E-state index contributed by atoms with van der Waals surface area (Å²) < 4.78 is 28.1. The molecule has 0 saturated carbocycles. The smallest absolute Gasteiger partial charge is 0.238 e. The van der Waals surface area contributed by atoms with E-state index < -0.39 is 10.0 Å². The van der Waals surface area contributed by atoms with Crippen molar-refractivity contribution in [3.63, 3.8) is 0 Å². The molecule has 2 rings (SSSR count). The summed E-state index contributed by atoms with van der Waals surface area (Å²) in [6.45, 7) is 0.298. The molecule has 6 nitrogen and oxygen atoms in total. The predicted octanol–water partition coefficient (Wildman–Crippen LogP) is 3.44. The first-order chi connectivity index (χ1) is 11.8. The van der Waals surface area contributed by atoms with Gasteiger partial charge in [-0.3, -0.25) is 4.79 Å². The molecule has 134 valence electrons. The van der Waals surface area contributed by atoms with Crippen LogP contribution in [0, 0.1) is 0 Å². The Bertz CT molecular complexity index is 872. The molecule has 0 aliphatic carbocycles. The molecule has 0 heterocycles. The molecule has 0 aromatic heterocycles. The molecular weight excluding hydrogens is 387 g/mol. The minimum absolute atomic E-state index is 0.0639. The Morgan fingerprint density at radius 3 is 2.60 bits per heavy atom. The fourth-order valence-electron chi connectivity index (χ4n) is 1.98. The molecule has 2 aromatic rings. The molecule has 0 atom stereocenters. The van der Waals surface area contributed by atoms with Crippen LogP contribution in [0.3, 0.4) is 0 Å². The molecule has 3 N–H and O–H groups in total. The number of sulfonamides is 1. The third kappa shape index (κ3) is 6.21. The highest BCUT2D eigenvalue weighted by molar-refractivity contribution is 7.89. The topological polar surface area (TPSA) is 98.5 Å². The lowest BCUT2D eigenvalue weighted by atomic mass is 10.2. The number of nitrogens with two attached hydrogens (primary N) is 1. The molecular formula is C16H16Cl2N2O4S. The molecule has 0 aliphatic rings. The van der Waals surface area contributed by atoms with Crippen LogP contribution in [-0.2, 0) is 14.8 Å². The molecule has 9 heteroatoms. The molecule has 0 bridgehead atoms. The number of halogens is 2. The van der Waals surface area contributed by atoms with E-state index in [1.165, 1.54) is 18.2 Å². The average Bonchev–Trinajstić information content (AvgIpc) is 2.52. The first-order valence-electron chi connectivity index (χ1n) is 7.26. The van der Waals surface area contributed by atoms with Crippen molar-refractivity contribution < 1.29 is 17.9 Å². The maximum atomic E-state index is 11.9. The predicted molar refractivity (Wildman–Crippen MR) is 97.6 cm³/mol. The Labute approximate surface area is 155 Å². The van der Waals surface area contributed by atoms with E-state index in [2.05, 4.69) is 5.32 Å². The van der Waals surface area contributed by atoms with E-state index in [0.29, 0.717) is 34.5 Å². The van der Waals surface area contributed by atoms with Crippen LogP contribution in [0.2, 0.25) is 10.0 Å². The third-order valence-corrected chi connectivity index (χ3v) is 4.59. The zero-order chi connectivity index (χ0) is 18.4. The monoisotopic (exact) mass is 402 g/mol. The van der Waals surface area contributed by atoms with Gasteiger partial charge < -0.3 is 10.1 Å². The van der Waals surface area contributed by atoms with Crippen molar-refractivity contribution in [1.82, 2.24) is 0 Å². The van der Waals surface area contributed by atoms with Crippen LogP contribution in [0.5, 0.6) is 5.75 Å². The number of anilines is 1. The van der Waals surface area contributed by atoms with E-state index in [0.717, 1.165) is 0 Å². The molecule has 0 fully saturated rings. The van der Waals surface area contributed by atoms with Crippen LogP contribution in [0.15, 0.2) is 47.4 Å². The van der Waals surface area contributed by atoms with Gasteiger partial charge in [-0.1, -0.05) is 29.3 Å². The summed E-state index contributed by atoms with van der Waals surface area (Å²) in [5.41, 5.74) is 0.359. The Balaban J connectivity index is 1.81. The van der Waals surface area contributed by atoms with E-state index in [1.54, 1.807) is 24.3 Å². The number of rotatable bonds is 7. The van der Waals surface area contributed by atoms with Gasteiger partial charge in [0.1, 0.15) is 5.75 Å². The normalized spacial score (nSPS) is 11.2. The van der Waals surface area contributed by atoms with Gasteiger partial charge in [0.15, 0.2) is 0 Å². The summed E-state index contributed by atoms with van der Waals surface area (Å²) >= 11 is 11.8. The highest BCUT2D eigenvalue weighted by Crippen LogP contribution is 2.27. The Morgan fingerprint density at radius 2 is 1.92 bits per heavy atom. The summed E-state index contributed by atoms with van der Waals surface area (Å²) in [6.07, 6.45) is 0.657. The van der Waals surface area contributed by atoms with Gasteiger partial charge in [0.2, 0.25) is 15.9 Å². The van der Waals surface area contributed by atoms with Crippen molar-refractivity contribution in [1.29, 1.82) is 0 Å². The summed E-state index contributed by atoms with van der Waals surface area (Å²) in [7, 11) is -3.81. The van der Waals surface area contributed by atoms with Crippen LogP contribution < -0.4 is 15.2 Å². The number of carbonyl (C=O) groups excluding carboxylic acids is 1. The maximum absolute atomic E-state index is 11.9. The average molecular weight is 403 g/mol.